The topological polar surface area (TPSA) is 112 Å². The molecule has 0 radical (unpaired) electrons. The Morgan fingerprint density at radius 2 is 1.02 bits per heavy atom. The van der Waals surface area contributed by atoms with Crippen molar-refractivity contribution in [2.24, 2.45) is 0 Å². The Morgan fingerprint density at radius 1 is 0.596 bits per heavy atom. The Hall–Kier alpha value is -5.27. The first-order chi connectivity index (χ1) is 26.8. The maximum absolute atomic E-state index is 12.7. The van der Waals surface area contributed by atoms with Crippen molar-refractivity contribution in [3.05, 3.63) is 130 Å². The average molecular weight is 823 g/mol. The number of hydrogen-bond donors (Lipinski definition) is 2. The molecule has 57 heavy (non-hydrogen) atoms. The average Bonchev–Trinajstić information content (AvgIpc) is 3.11. The van der Waals surface area contributed by atoms with Gasteiger partial charge in [0.2, 0.25) is 0 Å². The Balaban J connectivity index is 0.000000261. The van der Waals surface area contributed by atoms with Crippen molar-refractivity contribution in [2.75, 3.05) is 13.2 Å². The number of carbonyl (C=O) groups excluding carboxylic acids is 1. The number of aliphatic carboxylic acids is 1. The quantitative estimate of drug-likeness (QED) is 0.111. The molecule has 302 valence electrons. The summed E-state index contributed by atoms with van der Waals surface area (Å²) in [5, 5.41) is 18.3. The third-order valence-electron chi connectivity index (χ3n) is 7.87. The molecule has 0 aromatic heterocycles. The molecule has 2 N–H and O–H groups in total. The maximum Gasteiger partial charge on any atom is 0.416 e. The van der Waals surface area contributed by atoms with Crippen LogP contribution in [0.1, 0.15) is 54.2 Å². The highest BCUT2D eigenvalue weighted by molar-refractivity contribution is 7.99. The second kappa shape index (κ2) is 19.7. The minimum atomic E-state index is -4.35. The SMILES string of the molecule is Cc1cc(Sc2ccc(OCC(=O)OC(C)(C)C)c(C)c2)ccc1O.Cc1cc(Sc2ccc(OCc3ccc(C(F)(F)F)cc3)c(C)c2)ccc1OCC(=O)O. The van der Waals surface area contributed by atoms with Crippen LogP contribution >= 0.6 is 23.5 Å². The molecular formula is C44H45F3O8S2. The lowest BCUT2D eigenvalue weighted by atomic mass is 10.1. The fraction of sp³-hybridized carbons (Fsp3) is 0.273. The van der Waals surface area contributed by atoms with Gasteiger partial charge in [-0.2, -0.15) is 13.2 Å². The molecule has 0 unspecified atom stereocenters. The molecule has 0 bridgehead atoms. The molecule has 13 heteroatoms. The van der Waals surface area contributed by atoms with Crippen molar-refractivity contribution in [3.63, 3.8) is 0 Å². The van der Waals surface area contributed by atoms with Crippen molar-refractivity contribution in [1.82, 2.24) is 0 Å². The first-order valence-corrected chi connectivity index (χ1v) is 19.3. The molecular weight excluding hydrogens is 778 g/mol. The van der Waals surface area contributed by atoms with Gasteiger partial charge in [-0.05, 0) is 161 Å². The number of carbonyl (C=O) groups is 2. The largest absolute Gasteiger partial charge is 0.508 e. The summed E-state index contributed by atoms with van der Waals surface area (Å²) in [6, 6.07) is 27.5. The molecule has 0 fully saturated rings. The highest BCUT2D eigenvalue weighted by Crippen LogP contribution is 2.35. The summed E-state index contributed by atoms with van der Waals surface area (Å²) < 4.78 is 59.8. The number of aromatic hydroxyl groups is 1. The van der Waals surface area contributed by atoms with Gasteiger partial charge < -0.3 is 29.2 Å². The number of alkyl halides is 3. The van der Waals surface area contributed by atoms with Crippen molar-refractivity contribution >= 4 is 35.5 Å². The number of halogens is 3. The monoisotopic (exact) mass is 822 g/mol. The van der Waals surface area contributed by atoms with E-state index >= 15 is 0 Å². The van der Waals surface area contributed by atoms with E-state index in [2.05, 4.69) is 0 Å². The predicted octanol–water partition coefficient (Wildman–Crippen LogP) is 11.4. The molecule has 0 amide bonds. The van der Waals surface area contributed by atoms with Gasteiger partial charge in [-0.25, -0.2) is 9.59 Å². The molecule has 5 aromatic carbocycles. The van der Waals surface area contributed by atoms with Crippen LogP contribution in [-0.2, 0) is 27.1 Å². The van der Waals surface area contributed by atoms with Gasteiger partial charge in [-0.1, -0.05) is 35.7 Å². The third-order valence-corrected chi connectivity index (χ3v) is 9.83. The lowest BCUT2D eigenvalue weighted by Crippen LogP contribution is -2.27. The minimum Gasteiger partial charge on any atom is -0.508 e. The zero-order valence-corrected chi connectivity index (χ0v) is 34.3. The van der Waals surface area contributed by atoms with E-state index in [1.54, 1.807) is 35.7 Å². The zero-order chi connectivity index (χ0) is 41.9. The van der Waals surface area contributed by atoms with E-state index in [4.69, 9.17) is 24.1 Å². The molecule has 5 aromatic rings. The first-order valence-electron chi connectivity index (χ1n) is 17.7. The standard InChI is InChI=1S/C24H21F3O4S.C20H24O4S/c1-15-11-19(32-20-8-10-22(16(2)12-20)31-14-23(28)29)7-9-21(15)30-13-17-3-5-18(6-4-17)24(25,26)27;1-13-10-15(6-8-17(13)21)25-16-7-9-18(14(2)11-16)23-12-19(22)24-20(3,4)5/h3-12H,13-14H2,1-2H3,(H,28,29);6-11,21H,12H2,1-5H3. The maximum atomic E-state index is 12.7. The molecule has 0 aliphatic carbocycles. The molecule has 0 aliphatic rings. The number of hydrogen-bond acceptors (Lipinski definition) is 9. The van der Waals surface area contributed by atoms with Crippen LogP contribution < -0.4 is 14.2 Å². The summed E-state index contributed by atoms with van der Waals surface area (Å²) in [4.78, 5) is 26.5. The number of esters is 1. The Labute approximate surface area is 339 Å². The third kappa shape index (κ3) is 14.6. The van der Waals surface area contributed by atoms with Gasteiger partial charge in [-0.3, -0.25) is 0 Å². The number of benzene rings is 5. The zero-order valence-electron chi connectivity index (χ0n) is 32.7. The highest BCUT2D eigenvalue weighted by atomic mass is 32.2. The summed E-state index contributed by atoms with van der Waals surface area (Å²) in [5.41, 5.74) is 2.98. The Morgan fingerprint density at radius 3 is 1.42 bits per heavy atom. The van der Waals surface area contributed by atoms with Crippen molar-refractivity contribution in [1.29, 1.82) is 0 Å². The van der Waals surface area contributed by atoms with Crippen LogP contribution in [0, 0.1) is 27.7 Å². The van der Waals surface area contributed by atoms with Crippen molar-refractivity contribution in [2.45, 2.75) is 86.4 Å². The van der Waals surface area contributed by atoms with Gasteiger partial charge in [-0.15, -0.1) is 0 Å². The number of phenols is 1. The molecule has 0 aliphatic heterocycles. The van der Waals surface area contributed by atoms with E-state index in [0.29, 0.717) is 28.6 Å². The van der Waals surface area contributed by atoms with Crippen LogP contribution in [-0.4, -0.2) is 41.0 Å². The van der Waals surface area contributed by atoms with Crippen LogP contribution in [0.25, 0.3) is 0 Å². The summed E-state index contributed by atoms with van der Waals surface area (Å²) in [5.74, 6) is 0.732. The Kier molecular flexibility index (Phi) is 15.4. The van der Waals surface area contributed by atoms with Crippen LogP contribution in [0.2, 0.25) is 0 Å². The van der Waals surface area contributed by atoms with Gasteiger partial charge in [0.1, 0.15) is 35.2 Å². The van der Waals surface area contributed by atoms with E-state index in [1.165, 1.54) is 12.1 Å². The van der Waals surface area contributed by atoms with Gasteiger partial charge in [0.15, 0.2) is 13.2 Å². The lowest BCUT2D eigenvalue weighted by Gasteiger charge is -2.19. The molecule has 5 rings (SSSR count). The normalized spacial score (nSPS) is 11.3. The number of rotatable bonds is 13. The highest BCUT2D eigenvalue weighted by Gasteiger charge is 2.30. The lowest BCUT2D eigenvalue weighted by molar-refractivity contribution is -0.157. The predicted molar refractivity (Wildman–Crippen MR) is 215 cm³/mol. The van der Waals surface area contributed by atoms with Crippen molar-refractivity contribution in [3.8, 4) is 23.0 Å². The molecule has 0 spiro atoms. The van der Waals surface area contributed by atoms with Gasteiger partial charge >= 0.3 is 18.1 Å². The number of carboxylic acid groups (broad SMARTS) is 1. The van der Waals surface area contributed by atoms with Gasteiger partial charge in [0, 0.05) is 19.6 Å². The second-order valence-corrected chi connectivity index (χ2v) is 16.3. The van der Waals surface area contributed by atoms with Crippen LogP contribution in [0.15, 0.2) is 117 Å². The smallest absolute Gasteiger partial charge is 0.416 e. The summed E-state index contributed by atoms with van der Waals surface area (Å²) in [7, 11) is 0. The second-order valence-electron chi connectivity index (χ2n) is 14.0. The Bertz CT molecular complexity index is 2160. The summed E-state index contributed by atoms with van der Waals surface area (Å²) >= 11 is 3.15. The minimum absolute atomic E-state index is 0.109. The van der Waals surface area contributed by atoms with E-state index in [9.17, 15) is 27.9 Å². The number of aryl methyl sites for hydroxylation is 4. The van der Waals surface area contributed by atoms with E-state index < -0.39 is 23.3 Å². The van der Waals surface area contributed by atoms with Crippen molar-refractivity contribution < 1.29 is 51.9 Å². The van der Waals surface area contributed by atoms with Gasteiger partial charge in [0.05, 0.1) is 5.56 Å². The van der Waals surface area contributed by atoms with E-state index in [0.717, 1.165) is 54.0 Å². The summed E-state index contributed by atoms with van der Waals surface area (Å²) in [6.45, 7) is 12.7. The number of carboxylic acids is 1. The summed E-state index contributed by atoms with van der Waals surface area (Å²) in [6.07, 6.45) is -4.35. The molecule has 0 saturated carbocycles. The number of phenolic OH excluding ortho intramolecular Hbond substituents is 1. The fourth-order valence-electron chi connectivity index (χ4n) is 5.10. The number of ether oxygens (including phenoxy) is 4. The molecule has 0 saturated heterocycles. The van der Waals surface area contributed by atoms with Gasteiger partial charge in [0.25, 0.3) is 0 Å². The fourth-order valence-corrected chi connectivity index (χ4v) is 7.14. The van der Waals surface area contributed by atoms with E-state index in [1.807, 2.05) is 109 Å². The van der Waals surface area contributed by atoms with Crippen LogP contribution in [0.4, 0.5) is 13.2 Å². The van der Waals surface area contributed by atoms with Crippen LogP contribution in [0.5, 0.6) is 23.0 Å². The molecule has 0 heterocycles. The van der Waals surface area contributed by atoms with E-state index in [-0.39, 0.29) is 25.8 Å². The molecule has 0 atom stereocenters. The first kappa shape index (κ1) is 44.4. The van der Waals surface area contributed by atoms with Crippen LogP contribution in [0.3, 0.4) is 0 Å². The molecule has 8 nitrogen and oxygen atoms in total.